The van der Waals surface area contributed by atoms with Crippen LogP contribution in [0, 0.1) is 11.3 Å². The maximum atomic E-state index is 12.1. The Morgan fingerprint density at radius 3 is 2.83 bits per heavy atom. The molecule has 0 spiro atoms. The van der Waals surface area contributed by atoms with Crippen LogP contribution in [0.2, 0.25) is 0 Å². The molecule has 0 saturated carbocycles. The first-order valence-electron chi connectivity index (χ1n) is 7.41. The molecule has 2 aromatic rings. The summed E-state index contributed by atoms with van der Waals surface area (Å²) in [5, 5.41) is 11.9. The van der Waals surface area contributed by atoms with Crippen LogP contribution in [0.25, 0.3) is 6.08 Å². The van der Waals surface area contributed by atoms with Crippen LogP contribution in [0.3, 0.4) is 0 Å². The van der Waals surface area contributed by atoms with Crippen molar-refractivity contribution in [3.8, 4) is 17.6 Å². The predicted molar refractivity (Wildman–Crippen MR) is 88.3 cm³/mol. The molecule has 1 amide bonds. The number of nitrogens with zero attached hydrogens (tertiary/aromatic N) is 1. The Kier molecular flexibility index (Phi) is 6.03. The third-order valence-corrected chi connectivity index (χ3v) is 3.17. The van der Waals surface area contributed by atoms with Gasteiger partial charge in [-0.2, -0.15) is 5.26 Å². The molecule has 0 aliphatic carbocycles. The van der Waals surface area contributed by atoms with Crippen molar-refractivity contribution in [2.75, 3.05) is 13.7 Å². The molecule has 24 heavy (non-hydrogen) atoms. The van der Waals surface area contributed by atoms with E-state index in [1.54, 1.807) is 30.3 Å². The molecule has 1 aromatic carbocycles. The van der Waals surface area contributed by atoms with Crippen molar-refractivity contribution in [2.24, 2.45) is 0 Å². The Morgan fingerprint density at radius 2 is 2.21 bits per heavy atom. The molecule has 1 heterocycles. The number of carbonyl (C=O) groups excluding carboxylic acids is 1. The van der Waals surface area contributed by atoms with Crippen molar-refractivity contribution < 1.29 is 18.7 Å². The van der Waals surface area contributed by atoms with Crippen LogP contribution in [0.5, 0.6) is 11.5 Å². The zero-order valence-electron chi connectivity index (χ0n) is 13.5. The van der Waals surface area contributed by atoms with Gasteiger partial charge in [-0.15, -0.1) is 0 Å². The summed E-state index contributed by atoms with van der Waals surface area (Å²) in [7, 11) is 1.53. The van der Waals surface area contributed by atoms with Crippen molar-refractivity contribution in [3.63, 3.8) is 0 Å². The lowest BCUT2D eigenvalue weighted by atomic mass is 10.1. The summed E-state index contributed by atoms with van der Waals surface area (Å²) >= 11 is 0. The lowest BCUT2D eigenvalue weighted by molar-refractivity contribution is -0.117. The van der Waals surface area contributed by atoms with Gasteiger partial charge in [-0.1, -0.05) is 6.07 Å². The Bertz CT molecular complexity index is 758. The number of nitriles is 1. The molecule has 2 rings (SSSR count). The van der Waals surface area contributed by atoms with E-state index >= 15 is 0 Å². The molecule has 0 unspecified atom stereocenters. The summed E-state index contributed by atoms with van der Waals surface area (Å²) in [6.07, 6.45) is 3.02. The highest BCUT2D eigenvalue weighted by Crippen LogP contribution is 2.28. The third-order valence-electron chi connectivity index (χ3n) is 3.17. The lowest BCUT2D eigenvalue weighted by Crippen LogP contribution is -2.23. The topological polar surface area (TPSA) is 84.5 Å². The first-order valence-corrected chi connectivity index (χ1v) is 7.41. The van der Waals surface area contributed by atoms with Crippen LogP contribution in [0.1, 0.15) is 18.2 Å². The minimum Gasteiger partial charge on any atom is -0.493 e. The number of benzene rings is 1. The second-order valence-electron chi connectivity index (χ2n) is 4.78. The van der Waals surface area contributed by atoms with E-state index in [0.29, 0.717) is 29.4 Å². The summed E-state index contributed by atoms with van der Waals surface area (Å²) in [5.41, 5.74) is 0.660. The first kappa shape index (κ1) is 17.2. The highest BCUT2D eigenvalue weighted by Gasteiger charge is 2.11. The van der Waals surface area contributed by atoms with Gasteiger partial charge >= 0.3 is 0 Å². The zero-order valence-corrected chi connectivity index (χ0v) is 13.5. The molecule has 6 heteroatoms. The Hall–Kier alpha value is -3.20. The minimum atomic E-state index is -0.471. The highest BCUT2D eigenvalue weighted by atomic mass is 16.5. The molecule has 124 valence electrons. The van der Waals surface area contributed by atoms with Crippen molar-refractivity contribution >= 4 is 12.0 Å². The van der Waals surface area contributed by atoms with Crippen molar-refractivity contribution in [3.05, 3.63) is 53.5 Å². The molecule has 0 radical (unpaired) electrons. The standard InChI is InChI=1S/C18H18N2O4/c1-3-23-16-7-6-13(10-17(16)22-2)9-14(11-19)18(21)20-12-15-5-4-8-24-15/h4-10H,3,12H2,1-2H3,(H,20,21)/b14-9+. The fourth-order valence-electron chi connectivity index (χ4n) is 2.04. The normalized spacial score (nSPS) is 10.8. The smallest absolute Gasteiger partial charge is 0.262 e. The quantitative estimate of drug-likeness (QED) is 0.624. The molecule has 0 bridgehead atoms. The van der Waals surface area contributed by atoms with Gasteiger partial charge in [0.2, 0.25) is 0 Å². The number of amides is 1. The number of hydrogen-bond donors (Lipinski definition) is 1. The van der Waals surface area contributed by atoms with Crippen LogP contribution < -0.4 is 14.8 Å². The summed E-state index contributed by atoms with van der Waals surface area (Å²) in [6.45, 7) is 2.62. The summed E-state index contributed by atoms with van der Waals surface area (Å²) in [6, 6.07) is 10.6. The number of ether oxygens (including phenoxy) is 2. The van der Waals surface area contributed by atoms with Gasteiger partial charge in [-0.25, -0.2) is 0 Å². The van der Waals surface area contributed by atoms with Gasteiger partial charge in [-0.3, -0.25) is 4.79 Å². The number of rotatable bonds is 7. The highest BCUT2D eigenvalue weighted by molar-refractivity contribution is 6.01. The van der Waals surface area contributed by atoms with Gasteiger partial charge in [0.25, 0.3) is 5.91 Å². The molecule has 1 N–H and O–H groups in total. The Morgan fingerprint density at radius 1 is 1.38 bits per heavy atom. The van der Waals surface area contributed by atoms with Gasteiger partial charge in [0.1, 0.15) is 17.4 Å². The van der Waals surface area contributed by atoms with Crippen molar-refractivity contribution in [1.82, 2.24) is 5.32 Å². The van der Waals surface area contributed by atoms with E-state index in [-0.39, 0.29) is 12.1 Å². The molecule has 0 atom stereocenters. The molecule has 0 saturated heterocycles. The average molecular weight is 326 g/mol. The Labute approximate surface area is 140 Å². The van der Waals surface area contributed by atoms with E-state index in [2.05, 4.69) is 5.32 Å². The molecular weight excluding hydrogens is 308 g/mol. The number of furan rings is 1. The van der Waals surface area contributed by atoms with Gasteiger partial charge < -0.3 is 19.2 Å². The minimum absolute atomic E-state index is 0.00670. The Balaban J connectivity index is 2.14. The van der Waals surface area contributed by atoms with Crippen LogP contribution in [0.15, 0.2) is 46.6 Å². The van der Waals surface area contributed by atoms with E-state index in [4.69, 9.17) is 13.9 Å². The van der Waals surface area contributed by atoms with E-state index in [1.807, 2.05) is 13.0 Å². The van der Waals surface area contributed by atoms with E-state index in [0.717, 1.165) is 0 Å². The van der Waals surface area contributed by atoms with E-state index in [1.165, 1.54) is 19.4 Å². The van der Waals surface area contributed by atoms with E-state index in [9.17, 15) is 10.1 Å². The summed E-state index contributed by atoms with van der Waals surface area (Å²) in [4.78, 5) is 12.1. The maximum Gasteiger partial charge on any atom is 0.262 e. The lowest BCUT2D eigenvalue weighted by Gasteiger charge is -2.09. The SMILES string of the molecule is CCOc1ccc(/C=C(\C#N)C(=O)NCc2ccco2)cc1OC. The number of hydrogen-bond acceptors (Lipinski definition) is 5. The van der Waals surface area contributed by atoms with E-state index < -0.39 is 5.91 Å². The number of methoxy groups -OCH3 is 1. The van der Waals surface area contributed by atoms with Gasteiger partial charge in [-0.05, 0) is 42.8 Å². The summed E-state index contributed by atoms with van der Waals surface area (Å²) in [5.74, 6) is 1.29. The molecule has 1 aromatic heterocycles. The van der Waals surface area contributed by atoms with Crippen LogP contribution in [-0.4, -0.2) is 19.6 Å². The second-order valence-corrected chi connectivity index (χ2v) is 4.78. The molecule has 0 fully saturated rings. The van der Waals surface area contributed by atoms with Gasteiger partial charge in [0.05, 0.1) is 26.5 Å². The molecule has 6 nitrogen and oxygen atoms in total. The van der Waals surface area contributed by atoms with Gasteiger partial charge in [0, 0.05) is 0 Å². The first-order chi connectivity index (χ1) is 11.7. The summed E-state index contributed by atoms with van der Waals surface area (Å²) < 4.78 is 15.8. The second kappa shape index (κ2) is 8.44. The number of nitrogens with one attached hydrogen (secondary N) is 1. The molecule has 0 aliphatic rings. The number of carbonyl (C=O) groups is 1. The fourth-order valence-corrected chi connectivity index (χ4v) is 2.04. The van der Waals surface area contributed by atoms with Crippen molar-refractivity contribution in [1.29, 1.82) is 5.26 Å². The van der Waals surface area contributed by atoms with Crippen molar-refractivity contribution in [2.45, 2.75) is 13.5 Å². The molecule has 0 aliphatic heterocycles. The fraction of sp³-hybridized carbons (Fsp3) is 0.222. The van der Waals surface area contributed by atoms with Crippen LogP contribution in [0.4, 0.5) is 0 Å². The average Bonchev–Trinajstić information content (AvgIpc) is 3.12. The van der Waals surface area contributed by atoms with Gasteiger partial charge in [0.15, 0.2) is 11.5 Å². The maximum absolute atomic E-state index is 12.1. The largest absolute Gasteiger partial charge is 0.493 e. The third kappa shape index (κ3) is 4.40. The molecular formula is C18H18N2O4. The zero-order chi connectivity index (χ0) is 17.4. The monoisotopic (exact) mass is 326 g/mol. The van der Waals surface area contributed by atoms with Crippen LogP contribution in [-0.2, 0) is 11.3 Å². The van der Waals surface area contributed by atoms with Crippen LogP contribution >= 0.6 is 0 Å². The predicted octanol–water partition coefficient (Wildman–Crippen LogP) is 2.91.